The second-order valence-electron chi connectivity index (χ2n) is 3.06. The summed E-state index contributed by atoms with van der Waals surface area (Å²) in [6.45, 7) is 0.0627. The van der Waals surface area contributed by atoms with Gasteiger partial charge in [-0.25, -0.2) is 9.18 Å². The van der Waals surface area contributed by atoms with Gasteiger partial charge in [-0.3, -0.25) is 0 Å². The van der Waals surface area contributed by atoms with Gasteiger partial charge in [0, 0.05) is 13.0 Å². The number of rotatable bonds is 5. The lowest BCUT2D eigenvalue weighted by molar-refractivity contribution is 0.0481. The van der Waals surface area contributed by atoms with Crippen molar-refractivity contribution in [3.05, 3.63) is 29.6 Å². The minimum Gasteiger partial charge on any atom is -0.494 e. The van der Waals surface area contributed by atoms with E-state index < -0.39 is 11.8 Å². The Hall–Kier alpha value is -1.62. The first-order valence-electron chi connectivity index (χ1n) is 4.80. The van der Waals surface area contributed by atoms with Crippen molar-refractivity contribution in [2.75, 3.05) is 20.3 Å². The first kappa shape index (κ1) is 12.4. The normalized spacial score (nSPS) is 9.94. The maximum absolute atomic E-state index is 13.2. The summed E-state index contributed by atoms with van der Waals surface area (Å²) in [7, 11) is 1.34. The van der Waals surface area contributed by atoms with Crippen molar-refractivity contribution in [1.29, 1.82) is 0 Å². The molecule has 1 aromatic carbocycles. The molecule has 16 heavy (non-hydrogen) atoms. The van der Waals surface area contributed by atoms with Crippen molar-refractivity contribution in [3.8, 4) is 5.75 Å². The summed E-state index contributed by atoms with van der Waals surface area (Å²) in [6.07, 6.45) is 0.365. The molecule has 0 unspecified atom stereocenters. The van der Waals surface area contributed by atoms with E-state index in [1.165, 1.54) is 19.2 Å². The molecule has 5 heteroatoms. The molecule has 0 radical (unpaired) electrons. The van der Waals surface area contributed by atoms with E-state index in [1.807, 2.05) is 0 Å². The van der Waals surface area contributed by atoms with Crippen LogP contribution in [0.4, 0.5) is 4.39 Å². The Kier molecular flexibility index (Phi) is 4.72. The number of carbonyl (C=O) groups excluding carboxylic acids is 1. The zero-order chi connectivity index (χ0) is 12.0. The van der Waals surface area contributed by atoms with Crippen molar-refractivity contribution in [2.24, 2.45) is 0 Å². The third-order valence-corrected chi connectivity index (χ3v) is 1.92. The Morgan fingerprint density at radius 3 is 2.81 bits per heavy atom. The third kappa shape index (κ3) is 3.20. The predicted octanol–water partition coefficient (Wildman–Crippen LogP) is 1.37. The van der Waals surface area contributed by atoms with Crippen LogP contribution < -0.4 is 4.74 Å². The number of aliphatic hydroxyl groups excluding tert-OH is 1. The molecule has 0 fully saturated rings. The average Bonchev–Trinajstić information content (AvgIpc) is 2.29. The second-order valence-corrected chi connectivity index (χ2v) is 3.06. The van der Waals surface area contributed by atoms with Crippen LogP contribution in [0.1, 0.15) is 16.8 Å². The molecule has 0 saturated carbocycles. The van der Waals surface area contributed by atoms with Crippen LogP contribution in [0, 0.1) is 5.82 Å². The van der Waals surface area contributed by atoms with Gasteiger partial charge in [-0.05, 0) is 18.2 Å². The lowest BCUT2D eigenvalue weighted by atomic mass is 10.2. The Labute approximate surface area is 92.6 Å². The van der Waals surface area contributed by atoms with Crippen LogP contribution in [0.25, 0.3) is 0 Å². The Morgan fingerprint density at radius 2 is 2.25 bits per heavy atom. The molecule has 1 aromatic rings. The third-order valence-electron chi connectivity index (χ3n) is 1.92. The van der Waals surface area contributed by atoms with Crippen molar-refractivity contribution in [1.82, 2.24) is 0 Å². The van der Waals surface area contributed by atoms with Gasteiger partial charge in [-0.1, -0.05) is 0 Å². The summed E-state index contributed by atoms with van der Waals surface area (Å²) in [6, 6.07) is 3.83. The number of carbonyl (C=O) groups is 1. The van der Waals surface area contributed by atoms with E-state index in [-0.39, 0.29) is 24.5 Å². The van der Waals surface area contributed by atoms with Gasteiger partial charge < -0.3 is 14.6 Å². The summed E-state index contributed by atoms with van der Waals surface area (Å²) < 4.78 is 22.7. The minimum atomic E-state index is -0.616. The monoisotopic (exact) mass is 228 g/mol. The molecule has 0 amide bonds. The van der Waals surface area contributed by atoms with Crippen LogP contribution in [-0.4, -0.2) is 31.4 Å². The van der Waals surface area contributed by atoms with Crippen LogP contribution in [0.15, 0.2) is 18.2 Å². The maximum Gasteiger partial charge on any atom is 0.338 e. The van der Waals surface area contributed by atoms with Gasteiger partial charge in [0.15, 0.2) is 11.6 Å². The van der Waals surface area contributed by atoms with E-state index in [1.54, 1.807) is 0 Å². The van der Waals surface area contributed by atoms with Gasteiger partial charge in [-0.2, -0.15) is 0 Å². The SMILES string of the molecule is COc1ccc(C(=O)OCCCO)cc1F. The van der Waals surface area contributed by atoms with Crippen molar-refractivity contribution in [2.45, 2.75) is 6.42 Å². The molecular formula is C11H13FO4. The predicted molar refractivity (Wildman–Crippen MR) is 54.9 cm³/mol. The summed E-state index contributed by atoms with van der Waals surface area (Å²) in [5.41, 5.74) is 0.122. The molecule has 0 aliphatic rings. The van der Waals surface area contributed by atoms with Crippen molar-refractivity contribution in [3.63, 3.8) is 0 Å². The van der Waals surface area contributed by atoms with E-state index in [9.17, 15) is 9.18 Å². The van der Waals surface area contributed by atoms with Gasteiger partial charge >= 0.3 is 5.97 Å². The van der Waals surface area contributed by atoms with E-state index >= 15 is 0 Å². The number of hydrogen-bond donors (Lipinski definition) is 1. The minimum absolute atomic E-state index is 0.0513. The number of halogens is 1. The molecule has 0 aliphatic carbocycles. The molecule has 0 aromatic heterocycles. The molecule has 0 aliphatic heterocycles. The average molecular weight is 228 g/mol. The number of ether oxygens (including phenoxy) is 2. The fourth-order valence-corrected chi connectivity index (χ4v) is 1.11. The van der Waals surface area contributed by atoms with Crippen LogP contribution >= 0.6 is 0 Å². The van der Waals surface area contributed by atoms with Crippen LogP contribution in [0.3, 0.4) is 0 Å². The lowest BCUT2D eigenvalue weighted by Gasteiger charge is -2.05. The molecule has 0 bridgehead atoms. The summed E-state index contributed by atoms with van der Waals surface area (Å²) in [5, 5.41) is 8.49. The quantitative estimate of drug-likeness (QED) is 0.611. The molecular weight excluding hydrogens is 215 g/mol. The van der Waals surface area contributed by atoms with Crippen LogP contribution in [0.2, 0.25) is 0 Å². The van der Waals surface area contributed by atoms with Crippen LogP contribution in [-0.2, 0) is 4.74 Å². The summed E-state index contributed by atoms with van der Waals surface area (Å²) in [5.74, 6) is -1.15. The van der Waals surface area contributed by atoms with E-state index in [0.717, 1.165) is 6.07 Å². The molecule has 88 valence electrons. The van der Waals surface area contributed by atoms with Gasteiger partial charge in [0.05, 0.1) is 19.3 Å². The fraction of sp³-hybridized carbons (Fsp3) is 0.364. The van der Waals surface area contributed by atoms with Gasteiger partial charge in [0.2, 0.25) is 0 Å². The Balaban J connectivity index is 2.66. The van der Waals surface area contributed by atoms with Crippen LogP contribution in [0.5, 0.6) is 5.75 Å². The van der Waals surface area contributed by atoms with Gasteiger partial charge in [-0.15, -0.1) is 0 Å². The number of hydrogen-bond acceptors (Lipinski definition) is 4. The van der Waals surface area contributed by atoms with Gasteiger partial charge in [0.1, 0.15) is 0 Å². The summed E-state index contributed by atoms with van der Waals surface area (Å²) in [4.78, 5) is 11.4. The second kappa shape index (κ2) is 6.07. The number of aliphatic hydroxyl groups is 1. The molecule has 0 atom stereocenters. The highest BCUT2D eigenvalue weighted by Gasteiger charge is 2.10. The number of benzene rings is 1. The summed E-state index contributed by atoms with van der Waals surface area (Å²) >= 11 is 0. The van der Waals surface area contributed by atoms with E-state index in [0.29, 0.717) is 6.42 Å². The topological polar surface area (TPSA) is 55.8 Å². The maximum atomic E-state index is 13.2. The lowest BCUT2D eigenvalue weighted by Crippen LogP contribution is -2.08. The molecule has 4 nitrogen and oxygen atoms in total. The first-order chi connectivity index (χ1) is 7.69. The highest BCUT2D eigenvalue weighted by molar-refractivity contribution is 5.89. The highest BCUT2D eigenvalue weighted by atomic mass is 19.1. The zero-order valence-corrected chi connectivity index (χ0v) is 8.90. The Bertz CT molecular complexity index is 365. The van der Waals surface area contributed by atoms with E-state index in [2.05, 4.69) is 0 Å². The Morgan fingerprint density at radius 1 is 1.50 bits per heavy atom. The number of methoxy groups -OCH3 is 1. The molecule has 1 rings (SSSR count). The number of esters is 1. The molecule has 0 saturated heterocycles. The molecule has 0 heterocycles. The van der Waals surface area contributed by atoms with E-state index in [4.69, 9.17) is 14.6 Å². The zero-order valence-electron chi connectivity index (χ0n) is 8.90. The standard InChI is InChI=1S/C11H13FO4/c1-15-10-4-3-8(7-9(10)12)11(14)16-6-2-5-13/h3-4,7,13H,2,5-6H2,1H3. The van der Waals surface area contributed by atoms with Crippen molar-refractivity contribution >= 4 is 5.97 Å². The van der Waals surface area contributed by atoms with Gasteiger partial charge in [0.25, 0.3) is 0 Å². The molecule has 0 spiro atoms. The first-order valence-corrected chi connectivity index (χ1v) is 4.80. The fourth-order valence-electron chi connectivity index (χ4n) is 1.11. The van der Waals surface area contributed by atoms with Crippen molar-refractivity contribution < 1.29 is 23.8 Å². The highest BCUT2D eigenvalue weighted by Crippen LogP contribution is 2.18. The molecule has 1 N–H and O–H groups in total. The smallest absolute Gasteiger partial charge is 0.338 e. The largest absolute Gasteiger partial charge is 0.494 e.